The number of nitrogens with zero attached hydrogens (tertiary/aromatic N) is 5. The van der Waals surface area contributed by atoms with E-state index in [0.29, 0.717) is 11.6 Å². The van der Waals surface area contributed by atoms with E-state index in [-0.39, 0.29) is 11.8 Å². The summed E-state index contributed by atoms with van der Waals surface area (Å²) in [6.07, 6.45) is 1.74. The quantitative estimate of drug-likeness (QED) is 0.805. The van der Waals surface area contributed by atoms with Gasteiger partial charge in [0.05, 0.1) is 19.3 Å². The monoisotopic (exact) mass is 334 g/mol. The number of rotatable bonds is 5. The highest BCUT2D eigenvalue weighted by Gasteiger charge is 2.19. The molecule has 2 heterocycles. The topological polar surface area (TPSA) is 121 Å². The maximum absolute atomic E-state index is 11.7. The van der Waals surface area contributed by atoms with Crippen LogP contribution in [0.25, 0.3) is 5.82 Å². The molecule has 0 saturated heterocycles. The van der Waals surface area contributed by atoms with Crippen molar-refractivity contribution in [3.8, 4) is 5.82 Å². The Morgan fingerprint density at radius 1 is 1.17 bits per heavy atom. The van der Waals surface area contributed by atoms with Gasteiger partial charge in [-0.05, 0) is 20.8 Å². The van der Waals surface area contributed by atoms with Gasteiger partial charge in [-0.2, -0.15) is 9.78 Å². The average molecular weight is 334 g/mol. The standard InChI is InChI=1S/C14H18N6O4/c1-8(2)24-14(22)19-9(3)12-17-7-18-20(12)11-5-10(13(21)23-4)15-6-16-11/h5-9H,1-4H3,(H,19,22). The van der Waals surface area contributed by atoms with Crippen molar-refractivity contribution in [1.82, 2.24) is 30.0 Å². The van der Waals surface area contributed by atoms with Crippen LogP contribution in [0.5, 0.6) is 0 Å². The number of methoxy groups -OCH3 is 1. The molecular weight excluding hydrogens is 316 g/mol. The van der Waals surface area contributed by atoms with Crippen molar-refractivity contribution >= 4 is 12.1 Å². The third kappa shape index (κ3) is 4.03. The third-order valence-corrected chi connectivity index (χ3v) is 2.90. The summed E-state index contributed by atoms with van der Waals surface area (Å²) in [5.41, 5.74) is 0.0868. The highest BCUT2D eigenvalue weighted by atomic mass is 16.6. The van der Waals surface area contributed by atoms with E-state index >= 15 is 0 Å². The molecule has 0 aliphatic heterocycles. The summed E-state index contributed by atoms with van der Waals surface area (Å²) < 4.78 is 11.1. The first kappa shape index (κ1) is 17.3. The summed E-state index contributed by atoms with van der Waals surface area (Å²) in [6, 6.07) is 0.929. The number of ether oxygens (including phenoxy) is 2. The van der Waals surface area contributed by atoms with Crippen LogP contribution in [-0.4, -0.2) is 50.0 Å². The predicted molar refractivity (Wildman–Crippen MR) is 81.5 cm³/mol. The fraction of sp³-hybridized carbons (Fsp3) is 0.429. The van der Waals surface area contributed by atoms with E-state index in [2.05, 4.69) is 30.1 Å². The third-order valence-electron chi connectivity index (χ3n) is 2.90. The van der Waals surface area contributed by atoms with Crippen molar-refractivity contribution in [3.63, 3.8) is 0 Å². The number of carbonyl (C=O) groups excluding carboxylic acids is 2. The van der Waals surface area contributed by atoms with Crippen molar-refractivity contribution in [3.05, 3.63) is 30.2 Å². The average Bonchev–Trinajstić information content (AvgIpc) is 3.03. The lowest BCUT2D eigenvalue weighted by Gasteiger charge is -2.15. The van der Waals surface area contributed by atoms with Gasteiger partial charge in [-0.3, -0.25) is 0 Å². The first-order valence-electron chi connectivity index (χ1n) is 7.20. The fourth-order valence-electron chi connectivity index (χ4n) is 1.89. The molecule has 1 amide bonds. The summed E-state index contributed by atoms with van der Waals surface area (Å²) in [6.45, 7) is 5.23. The zero-order valence-corrected chi connectivity index (χ0v) is 13.8. The van der Waals surface area contributed by atoms with E-state index in [1.54, 1.807) is 20.8 Å². The van der Waals surface area contributed by atoms with Crippen LogP contribution in [0.2, 0.25) is 0 Å². The van der Waals surface area contributed by atoms with Crippen molar-refractivity contribution < 1.29 is 19.1 Å². The van der Waals surface area contributed by atoms with E-state index < -0.39 is 18.1 Å². The molecule has 1 N–H and O–H groups in total. The molecule has 0 bridgehead atoms. The molecule has 2 rings (SSSR count). The second-order valence-electron chi connectivity index (χ2n) is 5.10. The number of hydrogen-bond acceptors (Lipinski definition) is 8. The maximum atomic E-state index is 11.7. The molecule has 0 spiro atoms. The molecule has 128 valence electrons. The van der Waals surface area contributed by atoms with Crippen LogP contribution in [0.3, 0.4) is 0 Å². The summed E-state index contributed by atoms with van der Waals surface area (Å²) in [5, 5.41) is 6.73. The number of hydrogen-bond donors (Lipinski definition) is 1. The number of esters is 1. The highest BCUT2D eigenvalue weighted by Crippen LogP contribution is 2.14. The van der Waals surface area contributed by atoms with E-state index in [9.17, 15) is 9.59 Å². The Kier molecular flexibility index (Phi) is 5.40. The Labute approximate surface area is 138 Å². The molecule has 0 radical (unpaired) electrons. The van der Waals surface area contributed by atoms with Gasteiger partial charge in [-0.25, -0.2) is 24.5 Å². The largest absolute Gasteiger partial charge is 0.464 e. The van der Waals surface area contributed by atoms with Crippen molar-refractivity contribution in [2.45, 2.75) is 32.9 Å². The van der Waals surface area contributed by atoms with Crippen LogP contribution < -0.4 is 5.32 Å². The van der Waals surface area contributed by atoms with E-state index in [1.807, 2.05) is 0 Å². The van der Waals surface area contributed by atoms with E-state index in [1.165, 1.54) is 30.5 Å². The van der Waals surface area contributed by atoms with Crippen molar-refractivity contribution in [2.75, 3.05) is 7.11 Å². The lowest BCUT2D eigenvalue weighted by atomic mass is 10.3. The second kappa shape index (κ2) is 7.49. The molecule has 0 aliphatic rings. The first-order chi connectivity index (χ1) is 11.4. The Morgan fingerprint density at radius 3 is 2.58 bits per heavy atom. The number of alkyl carbamates (subject to hydrolysis) is 1. The number of nitrogens with one attached hydrogen (secondary N) is 1. The van der Waals surface area contributed by atoms with Gasteiger partial charge in [-0.1, -0.05) is 0 Å². The maximum Gasteiger partial charge on any atom is 0.407 e. The van der Waals surface area contributed by atoms with Gasteiger partial charge in [0, 0.05) is 6.07 Å². The SMILES string of the molecule is COC(=O)c1cc(-n2ncnc2C(C)NC(=O)OC(C)C)ncn1. The molecule has 24 heavy (non-hydrogen) atoms. The Balaban J connectivity index is 2.24. The molecule has 10 heteroatoms. The molecule has 0 aromatic carbocycles. The molecule has 0 saturated carbocycles. The van der Waals surface area contributed by atoms with Crippen LogP contribution in [0.1, 0.15) is 43.1 Å². The van der Waals surface area contributed by atoms with Crippen LogP contribution in [-0.2, 0) is 9.47 Å². The molecule has 0 aliphatic carbocycles. The number of amides is 1. The van der Waals surface area contributed by atoms with Crippen LogP contribution in [0, 0.1) is 0 Å². The number of carbonyl (C=O) groups is 2. The predicted octanol–water partition coefficient (Wildman–Crippen LogP) is 1.04. The molecule has 2 aromatic heterocycles. The summed E-state index contributed by atoms with van der Waals surface area (Å²) in [7, 11) is 1.26. The van der Waals surface area contributed by atoms with E-state index in [0.717, 1.165) is 0 Å². The minimum absolute atomic E-state index is 0.0868. The van der Waals surface area contributed by atoms with Crippen LogP contribution in [0.4, 0.5) is 4.79 Å². The Morgan fingerprint density at radius 2 is 1.92 bits per heavy atom. The van der Waals surface area contributed by atoms with Gasteiger partial charge < -0.3 is 14.8 Å². The van der Waals surface area contributed by atoms with Gasteiger partial charge in [0.2, 0.25) is 0 Å². The smallest absolute Gasteiger partial charge is 0.407 e. The minimum atomic E-state index is -0.591. The van der Waals surface area contributed by atoms with Gasteiger partial charge in [0.15, 0.2) is 17.3 Å². The number of aromatic nitrogens is 5. The van der Waals surface area contributed by atoms with E-state index in [4.69, 9.17) is 4.74 Å². The molecule has 2 aromatic rings. The summed E-state index contributed by atoms with van der Waals surface area (Å²) >= 11 is 0. The molecule has 1 atom stereocenters. The first-order valence-corrected chi connectivity index (χ1v) is 7.20. The van der Waals surface area contributed by atoms with Gasteiger partial charge in [-0.15, -0.1) is 0 Å². The van der Waals surface area contributed by atoms with Gasteiger partial charge in [0.1, 0.15) is 12.7 Å². The van der Waals surface area contributed by atoms with Crippen molar-refractivity contribution in [1.29, 1.82) is 0 Å². The minimum Gasteiger partial charge on any atom is -0.464 e. The zero-order chi connectivity index (χ0) is 17.7. The fourth-order valence-corrected chi connectivity index (χ4v) is 1.89. The zero-order valence-electron chi connectivity index (χ0n) is 13.8. The summed E-state index contributed by atoms with van der Waals surface area (Å²) in [4.78, 5) is 35.3. The lowest BCUT2D eigenvalue weighted by molar-refractivity contribution is 0.0593. The highest BCUT2D eigenvalue weighted by molar-refractivity contribution is 5.87. The van der Waals surface area contributed by atoms with Crippen LogP contribution in [0.15, 0.2) is 18.7 Å². The van der Waals surface area contributed by atoms with Gasteiger partial charge in [0.25, 0.3) is 0 Å². The Bertz CT molecular complexity index is 730. The van der Waals surface area contributed by atoms with Crippen molar-refractivity contribution in [2.24, 2.45) is 0 Å². The molecule has 1 unspecified atom stereocenters. The molecule has 10 nitrogen and oxygen atoms in total. The lowest BCUT2D eigenvalue weighted by Crippen LogP contribution is -2.31. The van der Waals surface area contributed by atoms with Gasteiger partial charge >= 0.3 is 12.1 Å². The molecule has 0 fully saturated rings. The Hall–Kier alpha value is -3.04. The van der Waals surface area contributed by atoms with Crippen LogP contribution >= 0.6 is 0 Å². The second-order valence-corrected chi connectivity index (χ2v) is 5.10. The molecular formula is C14H18N6O4. The normalized spacial score (nSPS) is 11.9. The summed E-state index contributed by atoms with van der Waals surface area (Å²) in [5.74, 6) is 0.154.